The Bertz CT molecular complexity index is 1610. The molecule has 1 fully saturated rings. The molecule has 0 bridgehead atoms. The minimum Gasteiger partial charge on any atom is -0.367 e. The van der Waals surface area contributed by atoms with Crippen molar-refractivity contribution in [2.75, 3.05) is 43.4 Å². The summed E-state index contributed by atoms with van der Waals surface area (Å²) < 4.78 is 0. The van der Waals surface area contributed by atoms with Gasteiger partial charge < -0.3 is 20.1 Å². The van der Waals surface area contributed by atoms with Gasteiger partial charge >= 0.3 is 0 Å². The summed E-state index contributed by atoms with van der Waals surface area (Å²) in [5.41, 5.74) is 6.92. The van der Waals surface area contributed by atoms with Gasteiger partial charge in [0.2, 0.25) is 5.91 Å². The van der Waals surface area contributed by atoms with Crippen LogP contribution in [0.5, 0.6) is 0 Å². The molecule has 1 aromatic carbocycles. The molecule has 0 radical (unpaired) electrons. The molecule has 194 valence electrons. The number of hydrogen-bond donors (Lipinski definition) is 3. The molecular weight excluding hydrogens is 478 g/mol. The summed E-state index contributed by atoms with van der Waals surface area (Å²) in [6.45, 7) is 8.02. The first-order chi connectivity index (χ1) is 18.4. The van der Waals surface area contributed by atoms with Gasteiger partial charge in [-0.3, -0.25) is 14.9 Å². The molecule has 5 heterocycles. The number of nitrogens with one attached hydrogen (secondary N) is 3. The fourth-order valence-corrected chi connectivity index (χ4v) is 4.94. The number of anilines is 2. The number of hydrogen-bond acceptors (Lipinski definition) is 7. The van der Waals surface area contributed by atoms with Gasteiger partial charge in [0.1, 0.15) is 11.2 Å². The van der Waals surface area contributed by atoms with Crippen molar-refractivity contribution in [1.82, 2.24) is 35.0 Å². The van der Waals surface area contributed by atoms with Crippen molar-refractivity contribution in [2.45, 2.75) is 20.3 Å². The first-order valence-electron chi connectivity index (χ1n) is 13.0. The molecule has 1 aliphatic heterocycles. The molecule has 0 spiro atoms. The highest BCUT2D eigenvalue weighted by molar-refractivity contribution is 5.97. The molecule has 4 aromatic heterocycles. The van der Waals surface area contributed by atoms with Crippen LogP contribution in [-0.2, 0) is 4.79 Å². The summed E-state index contributed by atoms with van der Waals surface area (Å²) in [4.78, 5) is 34.2. The Balaban J connectivity index is 1.34. The largest absolute Gasteiger partial charge is 0.367 e. The number of fused-ring (bicyclic) bond motifs is 2. The normalized spacial score (nSPS) is 14.6. The van der Waals surface area contributed by atoms with Crippen molar-refractivity contribution in [3.05, 3.63) is 48.9 Å². The zero-order valence-corrected chi connectivity index (χ0v) is 21.8. The minimum absolute atomic E-state index is 0.0130. The second-order valence-electron chi connectivity index (χ2n) is 10.3. The molecule has 0 unspecified atom stereocenters. The first kappa shape index (κ1) is 24.1. The number of carbonyl (C=O) groups excluding carboxylic acids is 1. The average Bonchev–Trinajstić information content (AvgIpc) is 3.52. The Morgan fingerprint density at radius 1 is 1.08 bits per heavy atom. The van der Waals surface area contributed by atoms with Gasteiger partial charge in [0.25, 0.3) is 0 Å². The second-order valence-corrected chi connectivity index (χ2v) is 10.3. The number of rotatable bonds is 6. The number of amides is 1. The Morgan fingerprint density at radius 3 is 2.74 bits per heavy atom. The van der Waals surface area contributed by atoms with Crippen LogP contribution in [0.2, 0.25) is 0 Å². The first-order valence-corrected chi connectivity index (χ1v) is 13.0. The lowest BCUT2D eigenvalue weighted by Gasteiger charge is -2.34. The Kier molecular flexibility index (Phi) is 6.24. The number of piperazine rings is 1. The van der Waals surface area contributed by atoms with Gasteiger partial charge in [-0.2, -0.15) is 5.10 Å². The van der Waals surface area contributed by atoms with E-state index in [1.165, 1.54) is 0 Å². The third kappa shape index (κ3) is 4.70. The van der Waals surface area contributed by atoms with Crippen LogP contribution in [0.15, 0.2) is 48.9 Å². The van der Waals surface area contributed by atoms with E-state index in [2.05, 4.69) is 59.4 Å². The maximum absolute atomic E-state index is 12.3. The number of nitrogens with zero attached hydrogens (tertiary/aromatic N) is 6. The van der Waals surface area contributed by atoms with Gasteiger partial charge in [0, 0.05) is 55.9 Å². The number of H-pyrrole nitrogens is 2. The minimum atomic E-state index is -0.0130. The molecule has 0 aliphatic carbocycles. The van der Waals surface area contributed by atoms with E-state index in [1.54, 1.807) is 12.4 Å². The molecule has 1 aliphatic rings. The number of aromatic nitrogens is 6. The lowest BCUT2D eigenvalue weighted by atomic mass is 10.0. The topological polar surface area (TPSA) is 119 Å². The predicted molar refractivity (Wildman–Crippen MR) is 150 cm³/mol. The van der Waals surface area contributed by atoms with E-state index in [-0.39, 0.29) is 5.91 Å². The van der Waals surface area contributed by atoms with Gasteiger partial charge in [-0.1, -0.05) is 19.9 Å². The van der Waals surface area contributed by atoms with Gasteiger partial charge in [-0.15, -0.1) is 0 Å². The second kappa shape index (κ2) is 9.86. The number of likely N-dealkylation sites (N-methyl/N-ethyl adjacent to an activating group) is 1. The van der Waals surface area contributed by atoms with Crippen molar-refractivity contribution in [3.63, 3.8) is 0 Å². The van der Waals surface area contributed by atoms with Crippen molar-refractivity contribution < 1.29 is 4.79 Å². The van der Waals surface area contributed by atoms with Crippen LogP contribution in [0.1, 0.15) is 20.3 Å². The third-order valence-electron chi connectivity index (χ3n) is 6.95. The van der Waals surface area contributed by atoms with Gasteiger partial charge in [0.15, 0.2) is 11.5 Å². The van der Waals surface area contributed by atoms with Crippen LogP contribution < -0.4 is 10.2 Å². The molecule has 3 N–H and O–H groups in total. The van der Waals surface area contributed by atoms with E-state index in [0.29, 0.717) is 29.5 Å². The van der Waals surface area contributed by atoms with E-state index in [0.717, 1.165) is 65.1 Å². The standard InChI is InChI=1S/C28H31N9O/c1-17(2)12-24(38)31-20-13-19(15-29-16-20)18-4-5-22-21(14-18)25(35-34-22)28-32-26-23(6-7-30-27(26)33-28)37-10-8-36(3)9-11-37/h4-7,13-17H,8-12H2,1-3H3,(H,31,38)(H,34,35)(H,30,32,33). The van der Waals surface area contributed by atoms with E-state index >= 15 is 0 Å². The zero-order valence-electron chi connectivity index (χ0n) is 21.8. The molecule has 10 nitrogen and oxygen atoms in total. The van der Waals surface area contributed by atoms with Crippen LogP contribution in [0, 0.1) is 5.92 Å². The Hall–Kier alpha value is -4.31. The van der Waals surface area contributed by atoms with Crippen LogP contribution >= 0.6 is 0 Å². The zero-order chi connectivity index (χ0) is 26.2. The summed E-state index contributed by atoms with van der Waals surface area (Å²) in [6.07, 6.45) is 5.76. The molecule has 1 saturated heterocycles. The van der Waals surface area contributed by atoms with E-state index in [9.17, 15) is 4.79 Å². The van der Waals surface area contributed by atoms with E-state index in [1.807, 2.05) is 38.2 Å². The number of imidazole rings is 1. The molecule has 6 rings (SSSR count). The Morgan fingerprint density at radius 2 is 1.92 bits per heavy atom. The molecule has 10 heteroatoms. The maximum Gasteiger partial charge on any atom is 0.224 e. The highest BCUT2D eigenvalue weighted by atomic mass is 16.1. The van der Waals surface area contributed by atoms with Crippen LogP contribution in [0.4, 0.5) is 11.4 Å². The highest BCUT2D eigenvalue weighted by Crippen LogP contribution is 2.32. The molecule has 5 aromatic rings. The van der Waals surface area contributed by atoms with Crippen molar-refractivity contribution in [1.29, 1.82) is 0 Å². The summed E-state index contributed by atoms with van der Waals surface area (Å²) in [5, 5.41) is 11.6. The number of aromatic amines is 2. The van der Waals surface area contributed by atoms with Crippen molar-refractivity contribution in [2.24, 2.45) is 5.92 Å². The summed E-state index contributed by atoms with van der Waals surface area (Å²) in [5.74, 6) is 0.949. The van der Waals surface area contributed by atoms with Gasteiger partial charge in [0.05, 0.1) is 23.1 Å². The van der Waals surface area contributed by atoms with Crippen molar-refractivity contribution >= 4 is 39.3 Å². The van der Waals surface area contributed by atoms with Crippen LogP contribution in [-0.4, -0.2) is 74.2 Å². The lowest BCUT2D eigenvalue weighted by Crippen LogP contribution is -2.44. The van der Waals surface area contributed by atoms with Crippen LogP contribution in [0.3, 0.4) is 0 Å². The average molecular weight is 510 g/mol. The van der Waals surface area contributed by atoms with Crippen molar-refractivity contribution in [3.8, 4) is 22.6 Å². The lowest BCUT2D eigenvalue weighted by molar-refractivity contribution is -0.116. The summed E-state index contributed by atoms with van der Waals surface area (Å²) in [6, 6.07) is 10.1. The van der Waals surface area contributed by atoms with Crippen LogP contribution in [0.25, 0.3) is 44.7 Å². The van der Waals surface area contributed by atoms with Gasteiger partial charge in [-0.25, -0.2) is 9.97 Å². The summed E-state index contributed by atoms with van der Waals surface area (Å²) >= 11 is 0. The number of benzene rings is 1. The molecule has 0 saturated carbocycles. The monoisotopic (exact) mass is 509 g/mol. The fourth-order valence-electron chi connectivity index (χ4n) is 4.94. The highest BCUT2D eigenvalue weighted by Gasteiger charge is 2.20. The summed E-state index contributed by atoms with van der Waals surface area (Å²) in [7, 11) is 2.15. The predicted octanol–water partition coefficient (Wildman–Crippen LogP) is 4.30. The smallest absolute Gasteiger partial charge is 0.224 e. The SMILES string of the molecule is CC(C)CC(=O)Nc1cncc(-c2ccc3[nH]nc(-c4nc5nccc(N6CCN(C)CC6)c5[nH]4)c3c2)c1. The molecule has 1 amide bonds. The van der Waals surface area contributed by atoms with E-state index < -0.39 is 0 Å². The molecule has 0 atom stereocenters. The van der Waals surface area contributed by atoms with E-state index in [4.69, 9.17) is 4.98 Å². The number of carbonyl (C=O) groups is 1. The number of pyridine rings is 2. The van der Waals surface area contributed by atoms with Gasteiger partial charge in [-0.05, 0) is 42.8 Å². The molecular formula is C28H31N9O. The maximum atomic E-state index is 12.3. The molecule has 38 heavy (non-hydrogen) atoms. The fraction of sp³-hybridized carbons (Fsp3) is 0.321. The quantitative estimate of drug-likeness (QED) is 0.312. The Labute approximate surface area is 220 Å². The third-order valence-corrected chi connectivity index (χ3v) is 6.95.